The van der Waals surface area contributed by atoms with Crippen LogP contribution in [0.15, 0.2) is 42.6 Å². The molecular formula is C16H20N2. The maximum atomic E-state index is 4.30. The highest BCUT2D eigenvalue weighted by atomic mass is 14.9. The summed E-state index contributed by atoms with van der Waals surface area (Å²) in [5.74, 6) is 0.563. The standard InChI is InChI=1S/C16H20N2/c1-12(2)15-5-4-6-16(9-15)18-11-14-8-7-13(3)17-10-14/h4-10,12,18H,11H2,1-3H3. The number of aryl methyl sites for hydroxylation is 1. The van der Waals surface area contributed by atoms with E-state index in [0.717, 1.165) is 12.2 Å². The molecule has 1 heterocycles. The molecule has 0 fully saturated rings. The summed E-state index contributed by atoms with van der Waals surface area (Å²) in [6.07, 6.45) is 1.93. The van der Waals surface area contributed by atoms with E-state index >= 15 is 0 Å². The molecule has 2 aromatic rings. The molecule has 0 bridgehead atoms. The van der Waals surface area contributed by atoms with E-state index in [1.807, 2.05) is 19.2 Å². The van der Waals surface area contributed by atoms with Crippen LogP contribution >= 0.6 is 0 Å². The Labute approximate surface area is 109 Å². The minimum absolute atomic E-state index is 0.563. The van der Waals surface area contributed by atoms with E-state index in [2.05, 4.69) is 54.5 Å². The van der Waals surface area contributed by atoms with E-state index in [1.54, 1.807) is 0 Å². The van der Waals surface area contributed by atoms with Gasteiger partial charge in [-0.1, -0.05) is 32.0 Å². The van der Waals surface area contributed by atoms with Crippen LogP contribution in [-0.2, 0) is 6.54 Å². The van der Waals surface area contributed by atoms with Crippen molar-refractivity contribution >= 4 is 5.69 Å². The summed E-state index contributed by atoms with van der Waals surface area (Å²) in [4.78, 5) is 4.30. The van der Waals surface area contributed by atoms with Crippen LogP contribution in [0.4, 0.5) is 5.69 Å². The van der Waals surface area contributed by atoms with Crippen molar-refractivity contribution in [2.24, 2.45) is 0 Å². The molecule has 2 nitrogen and oxygen atoms in total. The van der Waals surface area contributed by atoms with Crippen LogP contribution in [0, 0.1) is 6.92 Å². The van der Waals surface area contributed by atoms with Crippen molar-refractivity contribution in [2.75, 3.05) is 5.32 Å². The zero-order chi connectivity index (χ0) is 13.0. The van der Waals surface area contributed by atoms with Gasteiger partial charge in [-0.15, -0.1) is 0 Å². The van der Waals surface area contributed by atoms with Crippen LogP contribution in [-0.4, -0.2) is 4.98 Å². The smallest absolute Gasteiger partial charge is 0.0416 e. The first kappa shape index (κ1) is 12.6. The third kappa shape index (κ3) is 3.33. The summed E-state index contributed by atoms with van der Waals surface area (Å²) in [5, 5.41) is 3.44. The van der Waals surface area contributed by atoms with Crippen molar-refractivity contribution in [1.29, 1.82) is 0 Å². The molecule has 1 aromatic heterocycles. The van der Waals surface area contributed by atoms with Gasteiger partial charge < -0.3 is 5.32 Å². The molecule has 1 N–H and O–H groups in total. The van der Waals surface area contributed by atoms with Crippen LogP contribution in [0.25, 0.3) is 0 Å². The molecule has 0 spiro atoms. The van der Waals surface area contributed by atoms with Crippen LogP contribution in [0.3, 0.4) is 0 Å². The zero-order valence-corrected chi connectivity index (χ0v) is 11.3. The predicted octanol–water partition coefficient (Wildman–Crippen LogP) is 4.13. The Morgan fingerprint density at radius 2 is 2.00 bits per heavy atom. The summed E-state index contributed by atoms with van der Waals surface area (Å²) in [7, 11) is 0. The highest BCUT2D eigenvalue weighted by molar-refractivity contribution is 5.46. The third-order valence-corrected chi connectivity index (χ3v) is 3.02. The average Bonchev–Trinajstić information content (AvgIpc) is 2.38. The molecule has 0 atom stereocenters. The topological polar surface area (TPSA) is 24.9 Å². The highest BCUT2D eigenvalue weighted by Gasteiger charge is 2.00. The van der Waals surface area contributed by atoms with E-state index in [1.165, 1.54) is 16.8 Å². The van der Waals surface area contributed by atoms with Crippen molar-refractivity contribution in [3.8, 4) is 0 Å². The first-order valence-electron chi connectivity index (χ1n) is 6.40. The van der Waals surface area contributed by atoms with Gasteiger partial charge in [0.05, 0.1) is 0 Å². The van der Waals surface area contributed by atoms with Gasteiger partial charge in [-0.3, -0.25) is 4.98 Å². The first-order chi connectivity index (χ1) is 8.65. The van der Waals surface area contributed by atoms with E-state index in [-0.39, 0.29) is 0 Å². The Hall–Kier alpha value is -1.83. The predicted molar refractivity (Wildman–Crippen MR) is 76.8 cm³/mol. The molecule has 2 heteroatoms. The molecule has 1 aromatic carbocycles. The van der Waals surface area contributed by atoms with E-state index < -0.39 is 0 Å². The van der Waals surface area contributed by atoms with Crippen molar-refractivity contribution in [2.45, 2.75) is 33.2 Å². The summed E-state index contributed by atoms with van der Waals surface area (Å²) in [6, 6.07) is 12.7. The minimum atomic E-state index is 0.563. The van der Waals surface area contributed by atoms with Crippen LogP contribution < -0.4 is 5.32 Å². The van der Waals surface area contributed by atoms with Gasteiger partial charge >= 0.3 is 0 Å². The van der Waals surface area contributed by atoms with Crippen molar-refractivity contribution < 1.29 is 0 Å². The number of pyridine rings is 1. The Kier molecular flexibility index (Phi) is 3.98. The molecule has 0 radical (unpaired) electrons. The molecule has 0 aliphatic carbocycles. The Bertz CT molecular complexity index is 501. The maximum Gasteiger partial charge on any atom is 0.0416 e. The fourth-order valence-corrected chi connectivity index (χ4v) is 1.81. The average molecular weight is 240 g/mol. The normalized spacial score (nSPS) is 10.7. The first-order valence-corrected chi connectivity index (χ1v) is 6.40. The van der Waals surface area contributed by atoms with Gasteiger partial charge in [0.1, 0.15) is 0 Å². The van der Waals surface area contributed by atoms with E-state index in [0.29, 0.717) is 5.92 Å². The number of anilines is 1. The molecule has 18 heavy (non-hydrogen) atoms. The second-order valence-corrected chi connectivity index (χ2v) is 4.94. The van der Waals surface area contributed by atoms with Crippen molar-refractivity contribution in [3.05, 3.63) is 59.4 Å². The van der Waals surface area contributed by atoms with E-state index in [4.69, 9.17) is 0 Å². The fourth-order valence-electron chi connectivity index (χ4n) is 1.81. The fraction of sp³-hybridized carbons (Fsp3) is 0.312. The molecule has 2 rings (SSSR count). The molecule has 0 aliphatic rings. The lowest BCUT2D eigenvalue weighted by Gasteiger charge is -2.10. The number of hydrogen-bond acceptors (Lipinski definition) is 2. The van der Waals surface area contributed by atoms with E-state index in [9.17, 15) is 0 Å². The molecule has 0 aliphatic heterocycles. The number of benzene rings is 1. The number of aromatic nitrogens is 1. The van der Waals surface area contributed by atoms with Gasteiger partial charge in [-0.25, -0.2) is 0 Å². The number of nitrogens with zero attached hydrogens (tertiary/aromatic N) is 1. The summed E-state index contributed by atoms with van der Waals surface area (Å²) < 4.78 is 0. The zero-order valence-electron chi connectivity index (χ0n) is 11.3. The Balaban J connectivity index is 2.01. The lowest BCUT2D eigenvalue weighted by atomic mass is 10.0. The quantitative estimate of drug-likeness (QED) is 0.869. The largest absolute Gasteiger partial charge is 0.381 e. The van der Waals surface area contributed by atoms with Crippen LogP contribution in [0.5, 0.6) is 0 Å². The summed E-state index contributed by atoms with van der Waals surface area (Å²) in [6.45, 7) is 7.24. The van der Waals surface area contributed by atoms with Crippen molar-refractivity contribution in [1.82, 2.24) is 4.98 Å². The van der Waals surface area contributed by atoms with Gasteiger partial charge in [0.15, 0.2) is 0 Å². The van der Waals surface area contributed by atoms with Gasteiger partial charge in [0, 0.05) is 24.1 Å². The SMILES string of the molecule is Cc1ccc(CNc2cccc(C(C)C)c2)cn1. The summed E-state index contributed by atoms with van der Waals surface area (Å²) >= 11 is 0. The maximum absolute atomic E-state index is 4.30. The van der Waals surface area contributed by atoms with Crippen LogP contribution in [0.1, 0.15) is 36.6 Å². The highest BCUT2D eigenvalue weighted by Crippen LogP contribution is 2.18. The Morgan fingerprint density at radius 1 is 1.17 bits per heavy atom. The second-order valence-electron chi connectivity index (χ2n) is 4.94. The minimum Gasteiger partial charge on any atom is -0.381 e. The van der Waals surface area contributed by atoms with Gasteiger partial charge in [-0.2, -0.15) is 0 Å². The lowest BCUT2D eigenvalue weighted by molar-refractivity contribution is 0.866. The lowest BCUT2D eigenvalue weighted by Crippen LogP contribution is -2.00. The number of rotatable bonds is 4. The van der Waals surface area contributed by atoms with Crippen LogP contribution in [0.2, 0.25) is 0 Å². The van der Waals surface area contributed by atoms with Gasteiger partial charge in [0.25, 0.3) is 0 Å². The second kappa shape index (κ2) is 5.67. The van der Waals surface area contributed by atoms with Gasteiger partial charge in [-0.05, 0) is 42.2 Å². The molecule has 0 saturated carbocycles. The molecule has 0 unspecified atom stereocenters. The molecule has 94 valence electrons. The molecular weight excluding hydrogens is 220 g/mol. The monoisotopic (exact) mass is 240 g/mol. The number of nitrogens with one attached hydrogen (secondary N) is 1. The molecule has 0 saturated heterocycles. The molecule has 0 amide bonds. The third-order valence-electron chi connectivity index (χ3n) is 3.02. The summed E-state index contributed by atoms with van der Waals surface area (Å²) in [5.41, 5.74) is 4.79. The Morgan fingerprint density at radius 3 is 2.67 bits per heavy atom. The van der Waals surface area contributed by atoms with Gasteiger partial charge in [0.2, 0.25) is 0 Å². The van der Waals surface area contributed by atoms with Crippen molar-refractivity contribution in [3.63, 3.8) is 0 Å². The number of hydrogen-bond donors (Lipinski definition) is 1.